The number of rotatable bonds is 2. The zero-order valence-corrected chi connectivity index (χ0v) is 9.42. The van der Waals surface area contributed by atoms with E-state index in [0.29, 0.717) is 11.1 Å². The molecule has 2 aromatic carbocycles. The third kappa shape index (κ3) is 2.36. The minimum absolute atomic E-state index is 0.0570. The highest BCUT2D eigenvalue weighted by atomic mass is 32.2. The summed E-state index contributed by atoms with van der Waals surface area (Å²) in [6.07, 6.45) is 0. The van der Waals surface area contributed by atoms with Crippen LogP contribution >= 0.6 is 0 Å². The fourth-order valence-corrected chi connectivity index (χ4v) is 2.05. The number of sulfonamides is 1. The first-order valence-electron chi connectivity index (χ1n) is 4.62. The van der Waals surface area contributed by atoms with E-state index in [1.165, 1.54) is 12.1 Å². The van der Waals surface area contributed by atoms with E-state index in [4.69, 9.17) is 10.7 Å². The predicted octanol–water partition coefficient (Wildman–Crippen LogP) is 2.43. The number of nitrogens with zero attached hydrogens (tertiary/aromatic N) is 3. The molecule has 0 unspecified atom stereocenters. The van der Waals surface area contributed by atoms with Gasteiger partial charge in [0.1, 0.15) is 0 Å². The van der Waals surface area contributed by atoms with Crippen LogP contribution < -0.4 is 5.14 Å². The van der Waals surface area contributed by atoms with Gasteiger partial charge in [0.25, 0.3) is 0 Å². The molecule has 0 heterocycles. The molecular weight excluding hydrogens is 240 g/mol. The van der Waals surface area contributed by atoms with Gasteiger partial charge in [-0.3, -0.25) is 0 Å². The Morgan fingerprint density at radius 1 is 1.12 bits per heavy atom. The highest BCUT2D eigenvalue weighted by molar-refractivity contribution is 7.89. The molecule has 0 aliphatic heterocycles. The maximum atomic E-state index is 11.2. The molecule has 0 saturated heterocycles. The number of nitrogens with two attached hydrogens (primary N) is 1. The van der Waals surface area contributed by atoms with Gasteiger partial charge in [-0.25, -0.2) is 13.6 Å². The monoisotopic (exact) mass is 248 g/mol. The van der Waals surface area contributed by atoms with Crippen LogP contribution in [0.25, 0.3) is 21.2 Å². The molecule has 7 heteroatoms. The van der Waals surface area contributed by atoms with Gasteiger partial charge in [0.2, 0.25) is 10.0 Å². The molecular formula is C10H8N4O2S. The van der Waals surface area contributed by atoms with Crippen molar-refractivity contribution in [1.82, 2.24) is 0 Å². The van der Waals surface area contributed by atoms with E-state index in [0.717, 1.165) is 5.39 Å². The van der Waals surface area contributed by atoms with Crippen LogP contribution in [-0.4, -0.2) is 8.42 Å². The van der Waals surface area contributed by atoms with Gasteiger partial charge < -0.3 is 0 Å². The van der Waals surface area contributed by atoms with Crippen LogP contribution in [0.4, 0.5) is 5.69 Å². The highest BCUT2D eigenvalue weighted by Gasteiger charge is 2.07. The zero-order valence-electron chi connectivity index (χ0n) is 8.61. The SMILES string of the molecule is [N-]=[N+]=Nc1ccc2cc(S(N)(=O)=O)ccc2c1. The summed E-state index contributed by atoms with van der Waals surface area (Å²) >= 11 is 0. The molecule has 2 aromatic rings. The standard InChI is InChI=1S/C10H8N4O2S/c11-14-13-9-3-1-8-6-10(17(12,15)16)4-2-7(8)5-9/h1-6H,(H2,12,15,16). The Bertz CT molecular complexity index is 733. The van der Waals surface area contributed by atoms with Crippen molar-refractivity contribution in [3.8, 4) is 0 Å². The molecule has 0 atom stereocenters. The summed E-state index contributed by atoms with van der Waals surface area (Å²) < 4.78 is 22.3. The van der Waals surface area contributed by atoms with Crippen molar-refractivity contribution in [3.63, 3.8) is 0 Å². The van der Waals surface area contributed by atoms with E-state index >= 15 is 0 Å². The molecule has 86 valence electrons. The van der Waals surface area contributed by atoms with Crippen LogP contribution in [0.15, 0.2) is 46.4 Å². The van der Waals surface area contributed by atoms with Gasteiger partial charge in [0.15, 0.2) is 0 Å². The summed E-state index contributed by atoms with van der Waals surface area (Å²) in [5.41, 5.74) is 8.78. The number of primary sulfonamides is 1. The topological polar surface area (TPSA) is 109 Å². The van der Waals surface area contributed by atoms with Gasteiger partial charge in [-0.15, -0.1) is 0 Å². The molecule has 6 nitrogen and oxygen atoms in total. The summed E-state index contributed by atoms with van der Waals surface area (Å²) in [6.45, 7) is 0. The minimum atomic E-state index is -3.70. The van der Waals surface area contributed by atoms with Crippen LogP contribution in [-0.2, 0) is 10.0 Å². The lowest BCUT2D eigenvalue weighted by Gasteiger charge is -2.02. The number of hydrogen-bond donors (Lipinski definition) is 1. The number of benzene rings is 2. The first-order chi connectivity index (χ1) is 8.00. The Morgan fingerprint density at radius 2 is 1.76 bits per heavy atom. The molecule has 0 fully saturated rings. The Kier molecular flexibility index (Phi) is 2.72. The van der Waals surface area contributed by atoms with E-state index in [1.54, 1.807) is 24.3 Å². The fourth-order valence-electron chi connectivity index (χ4n) is 1.50. The summed E-state index contributed by atoms with van der Waals surface area (Å²) in [7, 11) is -3.70. The molecule has 0 aromatic heterocycles. The van der Waals surface area contributed by atoms with E-state index in [9.17, 15) is 8.42 Å². The molecule has 0 aliphatic rings. The highest BCUT2D eigenvalue weighted by Crippen LogP contribution is 2.23. The van der Waals surface area contributed by atoms with Crippen molar-refractivity contribution in [2.75, 3.05) is 0 Å². The number of hydrogen-bond acceptors (Lipinski definition) is 3. The zero-order chi connectivity index (χ0) is 12.5. The van der Waals surface area contributed by atoms with E-state index in [-0.39, 0.29) is 4.90 Å². The second-order valence-electron chi connectivity index (χ2n) is 3.43. The molecule has 0 saturated carbocycles. The second kappa shape index (κ2) is 4.06. The normalized spacial score (nSPS) is 11.1. The maximum Gasteiger partial charge on any atom is 0.238 e. The third-order valence-electron chi connectivity index (χ3n) is 2.28. The smallest absolute Gasteiger partial charge is 0.225 e. The molecule has 0 amide bonds. The summed E-state index contributed by atoms with van der Waals surface area (Å²) in [6, 6.07) is 9.46. The van der Waals surface area contributed by atoms with Gasteiger partial charge in [-0.2, -0.15) is 0 Å². The number of azide groups is 1. The number of fused-ring (bicyclic) bond motifs is 1. The lowest BCUT2D eigenvalue weighted by Crippen LogP contribution is -2.11. The van der Waals surface area contributed by atoms with Crippen LogP contribution in [0.2, 0.25) is 0 Å². The molecule has 0 spiro atoms. The maximum absolute atomic E-state index is 11.2. The molecule has 17 heavy (non-hydrogen) atoms. The molecule has 2 rings (SSSR count). The van der Waals surface area contributed by atoms with Gasteiger partial charge in [-0.1, -0.05) is 23.3 Å². The Balaban J connectivity index is 2.66. The second-order valence-corrected chi connectivity index (χ2v) is 4.99. The van der Waals surface area contributed by atoms with E-state index < -0.39 is 10.0 Å². The Labute approximate surface area is 97.3 Å². The summed E-state index contributed by atoms with van der Waals surface area (Å²) in [5, 5.41) is 9.99. The lowest BCUT2D eigenvalue weighted by molar-refractivity contribution is 0.598. The minimum Gasteiger partial charge on any atom is -0.225 e. The molecule has 0 aliphatic carbocycles. The fraction of sp³-hybridized carbons (Fsp3) is 0. The molecule has 2 N–H and O–H groups in total. The first kappa shape index (κ1) is 11.4. The molecule has 0 radical (unpaired) electrons. The van der Waals surface area contributed by atoms with Gasteiger partial charge in [0.05, 0.1) is 4.90 Å². The van der Waals surface area contributed by atoms with Crippen LogP contribution in [0.3, 0.4) is 0 Å². The van der Waals surface area contributed by atoms with E-state index in [2.05, 4.69) is 10.0 Å². The Hall–Kier alpha value is -2.08. The van der Waals surface area contributed by atoms with Crippen molar-refractivity contribution >= 4 is 26.5 Å². The van der Waals surface area contributed by atoms with Crippen LogP contribution in [0, 0.1) is 0 Å². The average molecular weight is 248 g/mol. The van der Waals surface area contributed by atoms with Crippen molar-refractivity contribution in [2.45, 2.75) is 4.90 Å². The van der Waals surface area contributed by atoms with Crippen LogP contribution in [0.5, 0.6) is 0 Å². The quantitative estimate of drug-likeness (QED) is 0.500. The summed E-state index contributed by atoms with van der Waals surface area (Å²) in [5.74, 6) is 0. The van der Waals surface area contributed by atoms with E-state index in [1.807, 2.05) is 0 Å². The summed E-state index contributed by atoms with van der Waals surface area (Å²) in [4.78, 5) is 2.74. The van der Waals surface area contributed by atoms with Crippen molar-refractivity contribution in [2.24, 2.45) is 10.3 Å². The predicted molar refractivity (Wildman–Crippen MR) is 64.1 cm³/mol. The van der Waals surface area contributed by atoms with Crippen LogP contribution in [0.1, 0.15) is 0 Å². The third-order valence-corrected chi connectivity index (χ3v) is 3.20. The van der Waals surface area contributed by atoms with Gasteiger partial charge >= 0.3 is 0 Å². The van der Waals surface area contributed by atoms with Crippen molar-refractivity contribution in [3.05, 3.63) is 46.8 Å². The Morgan fingerprint density at radius 3 is 2.41 bits per heavy atom. The van der Waals surface area contributed by atoms with Crippen molar-refractivity contribution in [1.29, 1.82) is 0 Å². The largest absolute Gasteiger partial charge is 0.238 e. The van der Waals surface area contributed by atoms with Gasteiger partial charge in [0, 0.05) is 10.6 Å². The lowest BCUT2D eigenvalue weighted by atomic mass is 10.1. The van der Waals surface area contributed by atoms with Crippen molar-refractivity contribution < 1.29 is 8.42 Å². The average Bonchev–Trinajstić information content (AvgIpc) is 2.27. The first-order valence-corrected chi connectivity index (χ1v) is 6.17. The van der Waals surface area contributed by atoms with Gasteiger partial charge in [-0.05, 0) is 34.5 Å². The molecule has 0 bridgehead atoms.